The Kier molecular flexibility index (Phi) is 12.5. The summed E-state index contributed by atoms with van der Waals surface area (Å²) in [5.41, 5.74) is -0.715. The quantitative estimate of drug-likeness (QED) is 0.203. The standard InChI is InChI=1S/C30H43N3O9S/c1-9-40-21(34)15-16-43(39)18-19(2)25-24(27(37)33(25)17-22(35)41-29(3,4)5)31-26(36)23(20-13-11-10-12-14-20)32-28(38)42-30(6,7)8/h10-14,18,23-25H,9,15-17H2,1-8H3,(H,31,36)(H,32,38). The molecule has 1 aliphatic heterocycles. The Hall–Kier alpha value is -3.74. The third kappa shape index (κ3) is 11.5. The van der Waals surface area contributed by atoms with Gasteiger partial charge in [0, 0.05) is 22.0 Å². The summed E-state index contributed by atoms with van der Waals surface area (Å²) in [7, 11) is -1.60. The monoisotopic (exact) mass is 621 g/mol. The molecule has 1 fully saturated rings. The predicted molar refractivity (Wildman–Crippen MR) is 160 cm³/mol. The Morgan fingerprint density at radius 2 is 1.60 bits per heavy atom. The fourth-order valence-corrected chi connectivity index (χ4v) is 5.29. The smallest absolute Gasteiger partial charge is 0.408 e. The van der Waals surface area contributed by atoms with E-state index in [1.165, 1.54) is 10.3 Å². The van der Waals surface area contributed by atoms with Gasteiger partial charge in [0.05, 0.1) is 19.1 Å². The molecule has 1 aromatic rings. The van der Waals surface area contributed by atoms with Crippen molar-refractivity contribution in [3.8, 4) is 0 Å². The molecule has 4 unspecified atom stereocenters. The van der Waals surface area contributed by atoms with Crippen molar-refractivity contribution in [3.63, 3.8) is 0 Å². The summed E-state index contributed by atoms with van der Waals surface area (Å²) in [6.45, 7) is 13.3. The fourth-order valence-electron chi connectivity index (χ4n) is 4.25. The summed E-state index contributed by atoms with van der Waals surface area (Å²) in [4.78, 5) is 65.0. The lowest BCUT2D eigenvalue weighted by Gasteiger charge is -2.47. The highest BCUT2D eigenvalue weighted by Gasteiger charge is 2.50. The third-order valence-electron chi connectivity index (χ3n) is 5.87. The topological polar surface area (TPSA) is 157 Å². The van der Waals surface area contributed by atoms with Crippen LogP contribution in [0.5, 0.6) is 0 Å². The minimum absolute atomic E-state index is 0.00415. The molecule has 1 aromatic carbocycles. The van der Waals surface area contributed by atoms with Gasteiger partial charge in [0.25, 0.3) is 0 Å². The summed E-state index contributed by atoms with van der Waals surface area (Å²) >= 11 is 0. The Morgan fingerprint density at radius 3 is 2.16 bits per heavy atom. The molecule has 4 atom stereocenters. The highest BCUT2D eigenvalue weighted by Crippen LogP contribution is 2.28. The van der Waals surface area contributed by atoms with Crippen molar-refractivity contribution < 1.29 is 42.4 Å². The molecule has 3 amide bonds. The average Bonchev–Trinajstić information content (AvgIpc) is 2.88. The first kappa shape index (κ1) is 35.5. The summed E-state index contributed by atoms with van der Waals surface area (Å²) in [5.74, 6) is -2.38. The predicted octanol–water partition coefficient (Wildman–Crippen LogP) is 2.90. The van der Waals surface area contributed by atoms with E-state index in [1.807, 2.05) is 0 Å². The molecule has 1 saturated heterocycles. The van der Waals surface area contributed by atoms with Gasteiger partial charge in [0.1, 0.15) is 29.8 Å². The maximum atomic E-state index is 13.6. The van der Waals surface area contributed by atoms with Crippen LogP contribution in [-0.4, -0.2) is 81.1 Å². The Morgan fingerprint density at radius 1 is 1.00 bits per heavy atom. The number of alkyl carbamates (subject to hydrolysis) is 1. The molecule has 0 spiro atoms. The van der Waals surface area contributed by atoms with Gasteiger partial charge in [0.2, 0.25) is 11.8 Å². The molecule has 12 nitrogen and oxygen atoms in total. The SMILES string of the molecule is CCOC(=O)CCS(=O)C=C(C)C1C(NC(=O)C(NC(=O)OC(C)(C)C)c2ccccc2)C(=O)N1CC(=O)OC(C)(C)C. The van der Waals surface area contributed by atoms with E-state index in [0.29, 0.717) is 11.1 Å². The van der Waals surface area contributed by atoms with Crippen molar-refractivity contribution in [1.82, 2.24) is 15.5 Å². The van der Waals surface area contributed by atoms with E-state index < -0.39 is 76.5 Å². The van der Waals surface area contributed by atoms with Crippen molar-refractivity contribution in [2.75, 3.05) is 18.9 Å². The first-order valence-electron chi connectivity index (χ1n) is 14.0. The van der Waals surface area contributed by atoms with Gasteiger partial charge in [-0.05, 0) is 66.5 Å². The zero-order chi connectivity index (χ0) is 32.5. The molecule has 0 saturated carbocycles. The zero-order valence-electron chi connectivity index (χ0n) is 26.1. The van der Waals surface area contributed by atoms with E-state index in [-0.39, 0.29) is 18.8 Å². The number of esters is 2. The van der Waals surface area contributed by atoms with Crippen molar-refractivity contribution >= 4 is 40.6 Å². The molecule has 238 valence electrons. The first-order chi connectivity index (χ1) is 19.9. The van der Waals surface area contributed by atoms with Gasteiger partial charge in [-0.15, -0.1) is 0 Å². The number of likely N-dealkylation sites (tertiary alicyclic amines) is 1. The van der Waals surface area contributed by atoms with E-state index >= 15 is 0 Å². The maximum Gasteiger partial charge on any atom is 0.408 e. The maximum absolute atomic E-state index is 13.6. The number of nitrogens with one attached hydrogen (secondary N) is 2. The number of carbonyl (C=O) groups excluding carboxylic acids is 5. The molecule has 1 heterocycles. The average molecular weight is 622 g/mol. The summed E-state index contributed by atoms with van der Waals surface area (Å²) in [6, 6.07) is 5.28. The van der Waals surface area contributed by atoms with Crippen molar-refractivity contribution in [2.45, 2.75) is 91.1 Å². The molecule has 0 aromatic heterocycles. The highest BCUT2D eigenvalue weighted by molar-refractivity contribution is 7.88. The number of hydrogen-bond donors (Lipinski definition) is 2. The van der Waals surface area contributed by atoms with Crippen LogP contribution < -0.4 is 10.6 Å². The van der Waals surface area contributed by atoms with Crippen LogP contribution in [0.1, 0.15) is 73.4 Å². The van der Waals surface area contributed by atoms with E-state index in [0.717, 1.165) is 0 Å². The van der Waals surface area contributed by atoms with Crippen LogP contribution >= 0.6 is 0 Å². The van der Waals surface area contributed by atoms with Crippen molar-refractivity contribution in [3.05, 3.63) is 46.9 Å². The van der Waals surface area contributed by atoms with Crippen LogP contribution in [0, 0.1) is 0 Å². The molecule has 0 radical (unpaired) electrons. The zero-order valence-corrected chi connectivity index (χ0v) is 26.9. The highest BCUT2D eigenvalue weighted by atomic mass is 32.2. The van der Waals surface area contributed by atoms with Crippen LogP contribution in [-0.2, 0) is 44.2 Å². The van der Waals surface area contributed by atoms with E-state index in [4.69, 9.17) is 14.2 Å². The normalized spacial score (nSPS) is 18.6. The van der Waals surface area contributed by atoms with E-state index in [1.54, 1.807) is 85.7 Å². The Labute approximate surface area is 255 Å². The lowest BCUT2D eigenvalue weighted by Crippen LogP contribution is -2.72. The number of β-lactam (4-membered cyclic amide) rings is 1. The van der Waals surface area contributed by atoms with Gasteiger partial charge >= 0.3 is 18.0 Å². The molecule has 0 bridgehead atoms. The summed E-state index contributed by atoms with van der Waals surface area (Å²) < 4.78 is 28.3. The molecule has 13 heteroatoms. The minimum atomic E-state index is -1.60. The number of rotatable bonds is 12. The van der Waals surface area contributed by atoms with Crippen LogP contribution in [0.25, 0.3) is 0 Å². The van der Waals surface area contributed by atoms with Crippen LogP contribution in [0.2, 0.25) is 0 Å². The number of carbonyl (C=O) groups is 5. The van der Waals surface area contributed by atoms with Gasteiger partial charge in [-0.3, -0.25) is 23.4 Å². The number of hydrogen-bond acceptors (Lipinski definition) is 9. The fraction of sp³-hybridized carbons (Fsp3) is 0.567. The second-order valence-electron chi connectivity index (χ2n) is 12.0. The lowest BCUT2D eigenvalue weighted by atomic mass is 9.89. The number of ether oxygens (including phenoxy) is 3. The lowest BCUT2D eigenvalue weighted by molar-refractivity contribution is -0.166. The molecular weight excluding hydrogens is 578 g/mol. The summed E-state index contributed by atoms with van der Waals surface area (Å²) in [6.07, 6.45) is -0.891. The van der Waals surface area contributed by atoms with Gasteiger partial charge in [-0.25, -0.2) is 4.79 Å². The van der Waals surface area contributed by atoms with Crippen molar-refractivity contribution in [1.29, 1.82) is 0 Å². The molecule has 43 heavy (non-hydrogen) atoms. The Bertz CT molecular complexity index is 1240. The van der Waals surface area contributed by atoms with E-state index in [9.17, 15) is 28.2 Å². The molecule has 2 rings (SSSR count). The van der Waals surface area contributed by atoms with Crippen molar-refractivity contribution in [2.24, 2.45) is 0 Å². The van der Waals surface area contributed by atoms with Gasteiger partial charge in [0.15, 0.2) is 0 Å². The van der Waals surface area contributed by atoms with Crippen LogP contribution in [0.15, 0.2) is 41.3 Å². The summed E-state index contributed by atoms with van der Waals surface area (Å²) in [5, 5.41) is 6.65. The molecule has 1 aliphatic rings. The largest absolute Gasteiger partial charge is 0.466 e. The molecule has 0 aliphatic carbocycles. The third-order valence-corrected chi connectivity index (χ3v) is 7.11. The minimum Gasteiger partial charge on any atom is -0.466 e. The van der Waals surface area contributed by atoms with E-state index in [2.05, 4.69) is 10.6 Å². The van der Waals surface area contributed by atoms with Gasteiger partial charge in [-0.2, -0.15) is 0 Å². The second-order valence-corrected chi connectivity index (χ2v) is 13.4. The number of benzene rings is 1. The number of nitrogens with zero attached hydrogens (tertiary/aromatic N) is 1. The second kappa shape index (κ2) is 15.1. The number of amides is 3. The van der Waals surface area contributed by atoms with Crippen LogP contribution in [0.4, 0.5) is 4.79 Å². The Balaban J connectivity index is 2.32. The van der Waals surface area contributed by atoms with Gasteiger partial charge < -0.3 is 29.7 Å². The molecular formula is C30H43N3O9S. The van der Waals surface area contributed by atoms with Gasteiger partial charge in [-0.1, -0.05) is 30.3 Å². The first-order valence-corrected chi connectivity index (χ1v) is 15.4. The molecule has 2 N–H and O–H groups in total. The van der Waals surface area contributed by atoms with Crippen LogP contribution in [0.3, 0.4) is 0 Å².